The van der Waals surface area contributed by atoms with Gasteiger partial charge in [0.15, 0.2) is 4.75 Å². The minimum atomic E-state index is -3.92. The number of esters is 1. The number of benzene rings is 2. The lowest BCUT2D eigenvalue weighted by molar-refractivity contribution is -0.147. The number of carbonyl (C=O) groups excluding carboxylic acids is 1. The number of piperazine rings is 1. The summed E-state index contributed by atoms with van der Waals surface area (Å²) in [7, 11) is -3.92. The molecule has 0 radical (unpaired) electrons. The Labute approximate surface area is 177 Å². The van der Waals surface area contributed by atoms with Crippen molar-refractivity contribution in [2.75, 3.05) is 31.1 Å². The second-order valence-electron chi connectivity index (χ2n) is 7.51. The molecule has 0 amide bonds. The molecule has 8 heteroatoms. The number of anilines is 1. The van der Waals surface area contributed by atoms with Gasteiger partial charge in [-0.25, -0.2) is 12.8 Å². The first-order valence-corrected chi connectivity index (χ1v) is 11.4. The van der Waals surface area contributed by atoms with Crippen LogP contribution in [0, 0.1) is 5.82 Å². The minimum absolute atomic E-state index is 0.0309. The van der Waals surface area contributed by atoms with E-state index in [1.807, 2.05) is 35.2 Å². The van der Waals surface area contributed by atoms with Crippen LogP contribution in [0.4, 0.5) is 10.1 Å². The Morgan fingerprint density at radius 3 is 2.20 bits per heavy atom. The largest absolute Gasteiger partial charge is 0.460 e. The maximum atomic E-state index is 13.3. The van der Waals surface area contributed by atoms with E-state index < -0.39 is 20.7 Å². The van der Waals surface area contributed by atoms with Crippen molar-refractivity contribution in [3.8, 4) is 0 Å². The molecule has 0 spiro atoms. The van der Waals surface area contributed by atoms with Crippen LogP contribution in [0.25, 0.3) is 0 Å². The van der Waals surface area contributed by atoms with E-state index in [-0.39, 0.29) is 31.9 Å². The zero-order valence-electron chi connectivity index (χ0n) is 17.3. The van der Waals surface area contributed by atoms with Crippen molar-refractivity contribution in [1.82, 2.24) is 4.31 Å². The van der Waals surface area contributed by atoms with E-state index in [1.165, 1.54) is 23.4 Å². The molecular formula is C22H27FN2O4S. The highest BCUT2D eigenvalue weighted by Gasteiger charge is 2.50. The first-order valence-electron chi connectivity index (χ1n) is 9.99. The summed E-state index contributed by atoms with van der Waals surface area (Å²) in [6, 6.07) is 15.3. The van der Waals surface area contributed by atoms with Crippen LogP contribution in [0.15, 0.2) is 54.6 Å². The number of sulfonamides is 1. The Balaban J connectivity index is 1.67. The van der Waals surface area contributed by atoms with Gasteiger partial charge in [-0.2, -0.15) is 4.31 Å². The van der Waals surface area contributed by atoms with Gasteiger partial charge in [0, 0.05) is 31.9 Å². The second-order valence-corrected chi connectivity index (χ2v) is 9.88. The van der Waals surface area contributed by atoms with Gasteiger partial charge in [0.1, 0.15) is 12.4 Å². The van der Waals surface area contributed by atoms with Gasteiger partial charge in [-0.15, -0.1) is 0 Å². The van der Waals surface area contributed by atoms with Crippen molar-refractivity contribution in [3.63, 3.8) is 0 Å². The Morgan fingerprint density at radius 1 is 1.03 bits per heavy atom. The molecule has 1 saturated heterocycles. The van der Waals surface area contributed by atoms with E-state index in [2.05, 4.69) is 0 Å². The normalized spacial score (nSPS) is 17.4. The maximum Gasteiger partial charge on any atom is 0.328 e. The van der Waals surface area contributed by atoms with E-state index in [1.54, 1.807) is 19.1 Å². The lowest BCUT2D eigenvalue weighted by Crippen LogP contribution is -2.57. The molecule has 6 nitrogen and oxygen atoms in total. The second kappa shape index (κ2) is 9.14. The van der Waals surface area contributed by atoms with Crippen LogP contribution in [0.3, 0.4) is 0 Å². The molecule has 0 bridgehead atoms. The highest BCUT2D eigenvalue weighted by molar-refractivity contribution is 7.91. The number of hydrogen-bond acceptors (Lipinski definition) is 5. The van der Waals surface area contributed by atoms with Crippen molar-refractivity contribution >= 4 is 21.7 Å². The highest BCUT2D eigenvalue weighted by atomic mass is 32.2. The monoisotopic (exact) mass is 434 g/mol. The number of nitrogens with zero attached hydrogens (tertiary/aromatic N) is 2. The summed E-state index contributed by atoms with van der Waals surface area (Å²) in [5.41, 5.74) is 1.64. The van der Waals surface area contributed by atoms with Gasteiger partial charge in [-0.3, -0.25) is 4.79 Å². The molecule has 162 valence electrons. The SMILES string of the molecule is CCC(C)(C(=O)OCc1ccccc1)S(=O)(=O)N1CCN(c2ccc(F)cc2)CC1. The Morgan fingerprint density at radius 2 is 1.63 bits per heavy atom. The molecule has 1 fully saturated rings. The van der Waals surface area contributed by atoms with Gasteiger partial charge in [0.25, 0.3) is 0 Å². The molecule has 1 heterocycles. The van der Waals surface area contributed by atoms with E-state index in [0.717, 1.165) is 11.3 Å². The highest BCUT2D eigenvalue weighted by Crippen LogP contribution is 2.29. The molecule has 0 aliphatic carbocycles. The van der Waals surface area contributed by atoms with Gasteiger partial charge >= 0.3 is 5.97 Å². The minimum Gasteiger partial charge on any atom is -0.460 e. The van der Waals surface area contributed by atoms with E-state index in [0.29, 0.717) is 13.1 Å². The van der Waals surface area contributed by atoms with Gasteiger partial charge in [0.2, 0.25) is 10.0 Å². The van der Waals surface area contributed by atoms with Crippen LogP contribution in [-0.4, -0.2) is 49.6 Å². The molecule has 1 atom stereocenters. The fourth-order valence-corrected chi connectivity index (χ4v) is 5.28. The van der Waals surface area contributed by atoms with Crippen molar-refractivity contribution in [2.24, 2.45) is 0 Å². The molecule has 0 aromatic heterocycles. The molecule has 30 heavy (non-hydrogen) atoms. The lowest BCUT2D eigenvalue weighted by Gasteiger charge is -2.39. The van der Waals surface area contributed by atoms with Gasteiger partial charge in [-0.1, -0.05) is 37.3 Å². The topological polar surface area (TPSA) is 66.9 Å². The first-order chi connectivity index (χ1) is 14.3. The fourth-order valence-electron chi connectivity index (χ4n) is 3.43. The lowest BCUT2D eigenvalue weighted by atomic mass is 10.1. The predicted octanol–water partition coefficient (Wildman–Crippen LogP) is 3.19. The fraction of sp³-hybridized carbons (Fsp3) is 0.409. The van der Waals surface area contributed by atoms with Gasteiger partial charge in [-0.05, 0) is 43.2 Å². The smallest absolute Gasteiger partial charge is 0.328 e. The van der Waals surface area contributed by atoms with Crippen LogP contribution in [0.2, 0.25) is 0 Å². The summed E-state index contributed by atoms with van der Waals surface area (Å²) in [5, 5.41) is 0. The third kappa shape index (κ3) is 4.49. The Bertz CT molecular complexity index is 958. The zero-order valence-corrected chi connectivity index (χ0v) is 18.1. The number of carbonyl (C=O) groups is 1. The molecule has 1 aliphatic rings. The van der Waals surface area contributed by atoms with E-state index in [9.17, 15) is 17.6 Å². The number of rotatable bonds is 7. The molecular weight excluding hydrogens is 407 g/mol. The average molecular weight is 435 g/mol. The van der Waals surface area contributed by atoms with Gasteiger partial charge < -0.3 is 9.64 Å². The molecule has 2 aromatic rings. The zero-order chi connectivity index (χ0) is 21.8. The van der Waals surface area contributed by atoms with Crippen LogP contribution in [-0.2, 0) is 26.2 Å². The van der Waals surface area contributed by atoms with Crippen LogP contribution < -0.4 is 4.90 Å². The molecule has 3 rings (SSSR count). The number of halogens is 1. The van der Waals surface area contributed by atoms with E-state index >= 15 is 0 Å². The molecule has 0 saturated carbocycles. The van der Waals surface area contributed by atoms with Crippen molar-refractivity contribution in [1.29, 1.82) is 0 Å². The summed E-state index contributed by atoms with van der Waals surface area (Å²) >= 11 is 0. The molecule has 1 unspecified atom stereocenters. The van der Waals surface area contributed by atoms with Crippen LogP contribution in [0.5, 0.6) is 0 Å². The average Bonchev–Trinajstić information content (AvgIpc) is 2.78. The van der Waals surface area contributed by atoms with Crippen molar-refractivity contribution < 1.29 is 22.3 Å². The van der Waals surface area contributed by atoms with Gasteiger partial charge in [0.05, 0.1) is 0 Å². The van der Waals surface area contributed by atoms with Crippen LogP contribution >= 0.6 is 0 Å². The Kier molecular flexibility index (Phi) is 6.77. The third-order valence-corrected chi connectivity index (χ3v) is 8.30. The summed E-state index contributed by atoms with van der Waals surface area (Å²) < 4.78 is 44.9. The molecule has 2 aromatic carbocycles. The first kappa shape index (κ1) is 22.2. The molecule has 1 aliphatic heterocycles. The maximum absolute atomic E-state index is 13.3. The van der Waals surface area contributed by atoms with Crippen molar-refractivity contribution in [2.45, 2.75) is 31.6 Å². The standard InChI is InChI=1S/C22H27FN2O4S/c1-3-22(2,21(26)29-17-18-7-5-4-6-8-18)30(27,28)25-15-13-24(14-16-25)20-11-9-19(23)10-12-20/h4-12H,3,13-17H2,1-2H3. The van der Waals surface area contributed by atoms with Crippen LogP contribution in [0.1, 0.15) is 25.8 Å². The number of hydrogen-bond donors (Lipinski definition) is 0. The molecule has 0 N–H and O–H groups in total. The third-order valence-electron chi connectivity index (χ3n) is 5.66. The summed E-state index contributed by atoms with van der Waals surface area (Å²) in [6.07, 6.45) is 0.112. The summed E-state index contributed by atoms with van der Waals surface area (Å²) in [6.45, 7) is 4.57. The van der Waals surface area contributed by atoms with E-state index in [4.69, 9.17) is 4.74 Å². The summed E-state index contributed by atoms with van der Waals surface area (Å²) in [4.78, 5) is 14.8. The van der Waals surface area contributed by atoms with Crippen molar-refractivity contribution in [3.05, 3.63) is 66.0 Å². The predicted molar refractivity (Wildman–Crippen MR) is 114 cm³/mol. The number of ether oxygens (including phenoxy) is 1. The Hall–Kier alpha value is -2.45. The summed E-state index contributed by atoms with van der Waals surface area (Å²) in [5.74, 6) is -1.05. The quantitative estimate of drug-likeness (QED) is 0.626.